The maximum absolute atomic E-state index is 3.69. The lowest BCUT2D eigenvalue weighted by Gasteiger charge is -2.31. The van der Waals surface area contributed by atoms with Gasteiger partial charge in [0, 0.05) is 27.2 Å². The van der Waals surface area contributed by atoms with Gasteiger partial charge < -0.3 is 10.2 Å². The highest BCUT2D eigenvalue weighted by Gasteiger charge is 2.22. The molecule has 0 aliphatic carbocycles. The normalized spacial score (nSPS) is 12.0. The Hall–Kier alpha value is -3.04. The first kappa shape index (κ1) is 29.0. The predicted molar refractivity (Wildman–Crippen MR) is 175 cm³/mol. The minimum atomic E-state index is 0.102. The van der Waals surface area contributed by atoms with Crippen LogP contribution in [0.2, 0.25) is 0 Å². The maximum Gasteiger partial charge on any atom is 0.0520 e. The van der Waals surface area contributed by atoms with Crippen molar-refractivity contribution in [2.24, 2.45) is 0 Å². The minimum Gasteiger partial charge on any atom is -0.355 e. The van der Waals surface area contributed by atoms with Gasteiger partial charge in [0.25, 0.3) is 0 Å². The number of halogens is 1. The summed E-state index contributed by atoms with van der Waals surface area (Å²) in [5.74, 6) is 0. The highest BCUT2D eigenvalue weighted by molar-refractivity contribution is 9.10. The Labute approximate surface area is 244 Å². The maximum atomic E-state index is 3.69. The van der Waals surface area contributed by atoms with Gasteiger partial charge >= 0.3 is 0 Å². The van der Waals surface area contributed by atoms with Crippen LogP contribution in [0, 0.1) is 27.7 Å². The van der Waals surface area contributed by atoms with Crippen molar-refractivity contribution in [1.82, 2.24) is 0 Å². The van der Waals surface area contributed by atoms with Gasteiger partial charge in [-0.3, -0.25) is 0 Å². The van der Waals surface area contributed by atoms with E-state index in [0.29, 0.717) is 0 Å². The molecule has 0 aliphatic rings. The lowest BCUT2D eigenvalue weighted by Crippen LogP contribution is -2.16. The first-order valence-electron chi connectivity index (χ1n) is 13.8. The third-order valence-corrected chi connectivity index (χ3v) is 7.99. The molecule has 0 amide bonds. The summed E-state index contributed by atoms with van der Waals surface area (Å²) in [5.41, 5.74) is 13.8. The Bertz CT molecular complexity index is 1420. The standard InChI is InChI=1S/C36H43BrN2/c1-23-19-27(35(5,6)7)20-24(2)33(23)38-30-13-17-32(18-14-30)39(31-15-11-29(37)12-16-31)34-25(3)21-28(22-26(34)4)36(8,9)10/h11-22,38H,1-10H3. The summed E-state index contributed by atoms with van der Waals surface area (Å²) in [7, 11) is 0. The van der Waals surface area contributed by atoms with Gasteiger partial charge in [-0.05, 0) is 120 Å². The summed E-state index contributed by atoms with van der Waals surface area (Å²) >= 11 is 3.61. The van der Waals surface area contributed by atoms with Crippen molar-refractivity contribution in [3.63, 3.8) is 0 Å². The van der Waals surface area contributed by atoms with Crippen LogP contribution in [0.5, 0.6) is 0 Å². The Balaban J connectivity index is 1.74. The molecule has 3 heteroatoms. The topological polar surface area (TPSA) is 15.3 Å². The molecule has 4 aromatic rings. The van der Waals surface area contributed by atoms with Crippen molar-refractivity contribution in [3.05, 3.63) is 111 Å². The van der Waals surface area contributed by atoms with E-state index in [4.69, 9.17) is 0 Å². The predicted octanol–water partition coefficient (Wildman–Crippen LogP) is 11.5. The van der Waals surface area contributed by atoms with E-state index in [1.54, 1.807) is 0 Å². The van der Waals surface area contributed by atoms with Crippen LogP contribution < -0.4 is 10.2 Å². The van der Waals surface area contributed by atoms with Crippen LogP contribution in [0.3, 0.4) is 0 Å². The smallest absolute Gasteiger partial charge is 0.0520 e. The average molecular weight is 584 g/mol. The molecule has 39 heavy (non-hydrogen) atoms. The van der Waals surface area contributed by atoms with Gasteiger partial charge in [-0.15, -0.1) is 0 Å². The summed E-state index contributed by atoms with van der Waals surface area (Å²) in [6, 6.07) is 26.7. The second-order valence-electron chi connectivity index (χ2n) is 12.9. The number of anilines is 5. The molecule has 2 nitrogen and oxygen atoms in total. The van der Waals surface area contributed by atoms with Crippen LogP contribution in [0.25, 0.3) is 0 Å². The molecule has 4 rings (SSSR count). The van der Waals surface area contributed by atoms with Gasteiger partial charge in [0.1, 0.15) is 0 Å². The van der Waals surface area contributed by atoms with E-state index in [-0.39, 0.29) is 10.8 Å². The number of nitrogens with one attached hydrogen (secondary N) is 1. The van der Waals surface area contributed by atoms with Crippen LogP contribution in [-0.2, 0) is 10.8 Å². The number of aryl methyl sites for hydroxylation is 4. The number of hydrogen-bond acceptors (Lipinski definition) is 2. The number of nitrogens with zero attached hydrogens (tertiary/aromatic N) is 1. The third kappa shape index (κ3) is 6.41. The van der Waals surface area contributed by atoms with Crippen molar-refractivity contribution in [2.45, 2.75) is 80.1 Å². The van der Waals surface area contributed by atoms with E-state index in [0.717, 1.165) is 21.5 Å². The summed E-state index contributed by atoms with van der Waals surface area (Å²) in [5, 5.41) is 3.69. The van der Waals surface area contributed by atoms with E-state index in [1.165, 1.54) is 44.8 Å². The first-order valence-corrected chi connectivity index (χ1v) is 14.6. The highest BCUT2D eigenvalue weighted by atomic mass is 79.9. The largest absolute Gasteiger partial charge is 0.355 e. The molecule has 0 saturated heterocycles. The lowest BCUT2D eigenvalue weighted by molar-refractivity contribution is 0.589. The van der Waals surface area contributed by atoms with Crippen LogP contribution in [0.4, 0.5) is 28.4 Å². The average Bonchev–Trinajstić information content (AvgIpc) is 2.83. The molecule has 0 aromatic heterocycles. The number of benzene rings is 4. The Morgan fingerprint density at radius 3 is 1.36 bits per heavy atom. The zero-order valence-corrected chi connectivity index (χ0v) is 26.8. The van der Waals surface area contributed by atoms with Gasteiger partial charge in [-0.25, -0.2) is 0 Å². The van der Waals surface area contributed by atoms with E-state index in [2.05, 4.69) is 168 Å². The second-order valence-corrected chi connectivity index (χ2v) is 13.8. The zero-order chi connectivity index (χ0) is 28.7. The van der Waals surface area contributed by atoms with Crippen LogP contribution in [0.15, 0.2) is 77.3 Å². The van der Waals surface area contributed by atoms with Crippen molar-refractivity contribution >= 4 is 44.4 Å². The molecule has 0 saturated carbocycles. The molecular formula is C36H43BrN2. The van der Waals surface area contributed by atoms with E-state index >= 15 is 0 Å². The van der Waals surface area contributed by atoms with Crippen LogP contribution in [0.1, 0.15) is 74.9 Å². The fraction of sp³-hybridized carbons (Fsp3) is 0.333. The molecule has 0 radical (unpaired) electrons. The monoisotopic (exact) mass is 582 g/mol. The van der Waals surface area contributed by atoms with Crippen molar-refractivity contribution in [2.75, 3.05) is 10.2 Å². The molecule has 4 aromatic carbocycles. The number of hydrogen-bond donors (Lipinski definition) is 1. The van der Waals surface area contributed by atoms with Gasteiger partial charge in [0.15, 0.2) is 0 Å². The second kappa shape index (κ2) is 10.8. The van der Waals surface area contributed by atoms with Gasteiger partial charge in [-0.1, -0.05) is 81.7 Å². The van der Waals surface area contributed by atoms with Gasteiger partial charge in [-0.2, -0.15) is 0 Å². The molecule has 0 aliphatic heterocycles. The van der Waals surface area contributed by atoms with E-state index < -0.39 is 0 Å². The van der Waals surface area contributed by atoms with Crippen LogP contribution in [-0.4, -0.2) is 0 Å². The van der Waals surface area contributed by atoms with Crippen LogP contribution >= 0.6 is 15.9 Å². The zero-order valence-electron chi connectivity index (χ0n) is 25.3. The third-order valence-electron chi connectivity index (χ3n) is 7.46. The van der Waals surface area contributed by atoms with Crippen molar-refractivity contribution < 1.29 is 0 Å². The summed E-state index contributed by atoms with van der Waals surface area (Å²) in [6.07, 6.45) is 0. The fourth-order valence-corrected chi connectivity index (χ4v) is 5.44. The molecule has 0 fully saturated rings. The first-order chi connectivity index (χ1) is 18.1. The fourth-order valence-electron chi connectivity index (χ4n) is 5.17. The molecule has 1 N–H and O–H groups in total. The Kier molecular flexibility index (Phi) is 8.06. The molecule has 0 spiro atoms. The van der Waals surface area contributed by atoms with Crippen molar-refractivity contribution in [3.8, 4) is 0 Å². The minimum absolute atomic E-state index is 0.102. The number of rotatable bonds is 5. The molecular weight excluding hydrogens is 540 g/mol. The molecule has 204 valence electrons. The van der Waals surface area contributed by atoms with Gasteiger partial charge in [0.2, 0.25) is 0 Å². The molecule has 0 bridgehead atoms. The van der Waals surface area contributed by atoms with E-state index in [9.17, 15) is 0 Å². The molecule has 0 unspecified atom stereocenters. The summed E-state index contributed by atoms with van der Waals surface area (Å²) in [6.45, 7) is 22.5. The molecule has 0 heterocycles. The van der Waals surface area contributed by atoms with E-state index in [1.807, 2.05) is 0 Å². The quantitative estimate of drug-likeness (QED) is 0.251. The Morgan fingerprint density at radius 1 is 0.564 bits per heavy atom. The summed E-state index contributed by atoms with van der Waals surface area (Å²) < 4.78 is 1.07. The van der Waals surface area contributed by atoms with Crippen molar-refractivity contribution in [1.29, 1.82) is 0 Å². The summed E-state index contributed by atoms with van der Waals surface area (Å²) in [4.78, 5) is 2.38. The van der Waals surface area contributed by atoms with Gasteiger partial charge in [0.05, 0.1) is 5.69 Å². The lowest BCUT2D eigenvalue weighted by atomic mass is 9.84. The highest BCUT2D eigenvalue weighted by Crippen LogP contribution is 2.41. The SMILES string of the molecule is Cc1cc(C(C)(C)C)cc(C)c1Nc1ccc(N(c2ccc(Br)cc2)c2c(C)cc(C(C)(C)C)cc2C)cc1. The Morgan fingerprint density at radius 2 is 0.949 bits per heavy atom. The molecule has 0 atom stereocenters.